The molecule has 1 aromatic rings. The lowest BCUT2D eigenvalue weighted by atomic mass is 9.83. The molecule has 0 atom stereocenters. The first-order chi connectivity index (χ1) is 9.48. The topological polar surface area (TPSA) is 64.3 Å². The van der Waals surface area contributed by atoms with Crippen molar-refractivity contribution in [3.05, 3.63) is 28.8 Å². The number of carbonyl (C=O) groups excluding carboxylic acids is 1. The number of hydrogen-bond donors (Lipinski definition) is 2. The third-order valence-electron chi connectivity index (χ3n) is 3.76. The molecule has 110 valence electrons. The molecule has 0 heterocycles. The Balaban J connectivity index is 1.84. The van der Waals surface area contributed by atoms with Gasteiger partial charge in [-0.05, 0) is 37.5 Å². The number of benzene rings is 1. The Morgan fingerprint density at radius 2 is 2.10 bits per heavy atom. The zero-order valence-electron chi connectivity index (χ0n) is 11.7. The van der Waals surface area contributed by atoms with Crippen LogP contribution in [0.1, 0.15) is 37.7 Å². The molecule has 0 radical (unpaired) electrons. The van der Waals surface area contributed by atoms with Gasteiger partial charge in [-0.2, -0.15) is 0 Å². The van der Waals surface area contributed by atoms with Gasteiger partial charge in [0.25, 0.3) is 0 Å². The summed E-state index contributed by atoms with van der Waals surface area (Å²) in [6, 6.07) is 5.35. The van der Waals surface area contributed by atoms with Crippen LogP contribution >= 0.6 is 11.6 Å². The highest BCUT2D eigenvalue weighted by Gasteiger charge is 2.28. The lowest BCUT2D eigenvalue weighted by Gasteiger charge is -2.32. The van der Waals surface area contributed by atoms with Gasteiger partial charge in [0.2, 0.25) is 0 Å². The number of nitrogens with two attached hydrogens (primary N) is 1. The smallest absolute Gasteiger partial charge is 0.411 e. The Kier molecular flexibility index (Phi) is 4.89. The molecule has 1 aliphatic rings. The van der Waals surface area contributed by atoms with Crippen molar-refractivity contribution in [2.24, 2.45) is 5.73 Å². The van der Waals surface area contributed by atoms with Gasteiger partial charge in [0.05, 0.1) is 5.54 Å². The zero-order chi connectivity index (χ0) is 14.6. The van der Waals surface area contributed by atoms with Crippen LogP contribution in [-0.4, -0.2) is 18.2 Å². The fourth-order valence-corrected chi connectivity index (χ4v) is 2.61. The normalized spacial score (nSPS) is 17.6. The summed E-state index contributed by atoms with van der Waals surface area (Å²) in [5.41, 5.74) is 7.45. The van der Waals surface area contributed by atoms with Crippen LogP contribution < -0.4 is 11.1 Å². The molecule has 3 N–H and O–H groups in total. The van der Waals surface area contributed by atoms with Gasteiger partial charge in [-0.15, -0.1) is 0 Å². The van der Waals surface area contributed by atoms with Crippen LogP contribution in [0.2, 0.25) is 5.02 Å². The molecule has 0 aromatic heterocycles. The molecule has 2 rings (SSSR count). The quantitative estimate of drug-likeness (QED) is 0.890. The molecule has 1 fully saturated rings. The van der Waals surface area contributed by atoms with Gasteiger partial charge in [0.15, 0.2) is 0 Å². The molecule has 0 unspecified atom stereocenters. The van der Waals surface area contributed by atoms with E-state index in [1.54, 1.807) is 12.1 Å². The second kappa shape index (κ2) is 6.46. The minimum absolute atomic E-state index is 0.262. The molecule has 4 nitrogen and oxygen atoms in total. The van der Waals surface area contributed by atoms with E-state index >= 15 is 0 Å². The number of rotatable bonds is 3. The van der Waals surface area contributed by atoms with Crippen molar-refractivity contribution in [1.82, 2.24) is 0 Å². The van der Waals surface area contributed by atoms with Gasteiger partial charge in [-0.25, -0.2) is 4.79 Å². The summed E-state index contributed by atoms with van der Waals surface area (Å²) in [6.45, 7) is 2.17. The van der Waals surface area contributed by atoms with Crippen molar-refractivity contribution >= 4 is 23.4 Å². The lowest BCUT2D eigenvalue weighted by molar-refractivity contribution is 0.112. The van der Waals surface area contributed by atoms with E-state index < -0.39 is 6.09 Å². The van der Waals surface area contributed by atoms with Crippen molar-refractivity contribution < 1.29 is 9.53 Å². The first-order valence-electron chi connectivity index (χ1n) is 6.97. The van der Waals surface area contributed by atoms with Crippen LogP contribution in [0.3, 0.4) is 0 Å². The Morgan fingerprint density at radius 3 is 2.75 bits per heavy atom. The summed E-state index contributed by atoms with van der Waals surface area (Å²) in [7, 11) is 0. The van der Waals surface area contributed by atoms with Crippen LogP contribution in [0.15, 0.2) is 18.2 Å². The summed E-state index contributed by atoms with van der Waals surface area (Å²) in [5.74, 6) is 0. The number of hydrogen-bond acceptors (Lipinski definition) is 3. The SMILES string of the molecule is Cc1ccc(NC(=O)OCC2(N)CCCCC2)cc1Cl. The van der Waals surface area contributed by atoms with E-state index in [0.29, 0.717) is 10.7 Å². The number of carbonyl (C=O) groups is 1. The molecular formula is C15H21ClN2O2. The maximum atomic E-state index is 11.8. The highest BCUT2D eigenvalue weighted by Crippen LogP contribution is 2.26. The van der Waals surface area contributed by atoms with E-state index in [4.69, 9.17) is 22.1 Å². The molecule has 0 aliphatic heterocycles. The van der Waals surface area contributed by atoms with E-state index in [9.17, 15) is 4.79 Å². The standard InChI is InChI=1S/C15H21ClN2O2/c1-11-5-6-12(9-13(11)16)18-14(19)20-10-15(17)7-3-2-4-8-15/h5-6,9H,2-4,7-8,10,17H2,1H3,(H,18,19). The molecule has 0 saturated heterocycles. The van der Waals surface area contributed by atoms with Crippen LogP contribution in [0.4, 0.5) is 10.5 Å². The van der Waals surface area contributed by atoms with Crippen LogP contribution in [-0.2, 0) is 4.74 Å². The van der Waals surface area contributed by atoms with Crippen LogP contribution in [0.5, 0.6) is 0 Å². The molecule has 1 saturated carbocycles. The van der Waals surface area contributed by atoms with Crippen molar-refractivity contribution in [3.63, 3.8) is 0 Å². The molecule has 1 aromatic carbocycles. The van der Waals surface area contributed by atoms with Crippen LogP contribution in [0.25, 0.3) is 0 Å². The van der Waals surface area contributed by atoms with Crippen molar-refractivity contribution in [1.29, 1.82) is 0 Å². The number of nitrogens with one attached hydrogen (secondary N) is 1. The second-order valence-corrected chi connectivity index (χ2v) is 6.00. The average Bonchev–Trinajstić information content (AvgIpc) is 2.42. The Labute approximate surface area is 124 Å². The molecule has 0 bridgehead atoms. The lowest BCUT2D eigenvalue weighted by Crippen LogP contribution is -2.46. The van der Waals surface area contributed by atoms with E-state index in [1.807, 2.05) is 13.0 Å². The zero-order valence-corrected chi connectivity index (χ0v) is 12.5. The maximum absolute atomic E-state index is 11.8. The first-order valence-corrected chi connectivity index (χ1v) is 7.35. The van der Waals surface area contributed by atoms with Gasteiger partial charge in [0.1, 0.15) is 6.61 Å². The third-order valence-corrected chi connectivity index (χ3v) is 4.17. The minimum atomic E-state index is -0.486. The summed E-state index contributed by atoms with van der Waals surface area (Å²) in [6.07, 6.45) is 4.77. The molecule has 5 heteroatoms. The number of halogens is 1. The van der Waals surface area contributed by atoms with Gasteiger partial charge in [-0.1, -0.05) is 36.9 Å². The molecule has 20 heavy (non-hydrogen) atoms. The van der Waals surface area contributed by atoms with E-state index in [2.05, 4.69) is 5.32 Å². The van der Waals surface area contributed by atoms with Gasteiger partial charge in [-0.3, -0.25) is 5.32 Å². The maximum Gasteiger partial charge on any atom is 0.411 e. The summed E-state index contributed by atoms with van der Waals surface area (Å²) in [5, 5.41) is 3.28. The van der Waals surface area contributed by atoms with Gasteiger partial charge in [0, 0.05) is 10.7 Å². The summed E-state index contributed by atoms with van der Waals surface area (Å²) < 4.78 is 5.24. The van der Waals surface area contributed by atoms with E-state index in [0.717, 1.165) is 31.2 Å². The Bertz CT molecular complexity index is 485. The monoisotopic (exact) mass is 296 g/mol. The predicted octanol–water partition coefficient (Wildman–Crippen LogP) is 3.86. The summed E-state index contributed by atoms with van der Waals surface area (Å²) in [4.78, 5) is 11.8. The fraction of sp³-hybridized carbons (Fsp3) is 0.533. The van der Waals surface area contributed by atoms with Crippen molar-refractivity contribution in [2.75, 3.05) is 11.9 Å². The molecule has 1 amide bonds. The largest absolute Gasteiger partial charge is 0.447 e. The summed E-state index contributed by atoms with van der Waals surface area (Å²) >= 11 is 6.01. The van der Waals surface area contributed by atoms with E-state index in [-0.39, 0.29) is 12.1 Å². The average molecular weight is 297 g/mol. The number of amides is 1. The highest BCUT2D eigenvalue weighted by molar-refractivity contribution is 6.31. The Hall–Kier alpha value is -1.26. The molecular weight excluding hydrogens is 276 g/mol. The number of ether oxygens (including phenoxy) is 1. The first kappa shape index (κ1) is 15.1. The van der Waals surface area contributed by atoms with Gasteiger partial charge >= 0.3 is 6.09 Å². The number of anilines is 1. The number of aryl methyl sites for hydroxylation is 1. The fourth-order valence-electron chi connectivity index (χ4n) is 2.43. The molecule has 1 aliphatic carbocycles. The molecule has 0 spiro atoms. The van der Waals surface area contributed by atoms with Gasteiger partial charge < -0.3 is 10.5 Å². The van der Waals surface area contributed by atoms with Crippen molar-refractivity contribution in [3.8, 4) is 0 Å². The highest BCUT2D eigenvalue weighted by atomic mass is 35.5. The van der Waals surface area contributed by atoms with Crippen LogP contribution in [0, 0.1) is 6.92 Å². The minimum Gasteiger partial charge on any atom is -0.447 e. The van der Waals surface area contributed by atoms with E-state index in [1.165, 1.54) is 6.42 Å². The Morgan fingerprint density at radius 1 is 1.40 bits per heavy atom. The third kappa shape index (κ3) is 4.12. The predicted molar refractivity (Wildman–Crippen MR) is 81.2 cm³/mol. The van der Waals surface area contributed by atoms with Crippen molar-refractivity contribution in [2.45, 2.75) is 44.6 Å². The second-order valence-electron chi connectivity index (χ2n) is 5.59.